The van der Waals surface area contributed by atoms with Crippen LogP contribution in [0.1, 0.15) is 18.4 Å². The third-order valence-corrected chi connectivity index (χ3v) is 6.06. The van der Waals surface area contributed by atoms with Crippen molar-refractivity contribution in [1.29, 1.82) is 0 Å². The third kappa shape index (κ3) is 5.28. The van der Waals surface area contributed by atoms with Gasteiger partial charge in [0.25, 0.3) is 5.91 Å². The SMILES string of the molecule is COc1ccc(/C=C2\N=C(SCC3CCCO3)N(c3ccc(OC(F)F)cc3)C2=O)cc1. The van der Waals surface area contributed by atoms with Crippen molar-refractivity contribution in [3.8, 4) is 11.5 Å². The van der Waals surface area contributed by atoms with Gasteiger partial charge < -0.3 is 14.2 Å². The smallest absolute Gasteiger partial charge is 0.387 e. The average Bonchev–Trinajstić information content (AvgIpc) is 3.41. The monoisotopic (exact) mass is 460 g/mol. The van der Waals surface area contributed by atoms with Crippen molar-refractivity contribution >= 4 is 34.6 Å². The Bertz CT molecular complexity index is 1000. The molecule has 2 aliphatic rings. The molecule has 0 aromatic heterocycles. The van der Waals surface area contributed by atoms with Crippen LogP contribution in [-0.2, 0) is 9.53 Å². The minimum atomic E-state index is -2.91. The van der Waals surface area contributed by atoms with E-state index in [1.54, 1.807) is 25.3 Å². The number of hydrogen-bond acceptors (Lipinski definition) is 6. The number of benzene rings is 2. The highest BCUT2D eigenvalue weighted by Gasteiger charge is 2.33. The number of thioether (sulfide) groups is 1. The Morgan fingerprint density at radius 3 is 2.53 bits per heavy atom. The molecule has 2 aromatic carbocycles. The van der Waals surface area contributed by atoms with Gasteiger partial charge in [-0.05, 0) is 60.9 Å². The van der Waals surface area contributed by atoms with Gasteiger partial charge in [0.2, 0.25) is 0 Å². The number of carbonyl (C=O) groups excluding carboxylic acids is 1. The normalized spacial score (nSPS) is 19.7. The van der Waals surface area contributed by atoms with Gasteiger partial charge in [0.05, 0.1) is 18.9 Å². The van der Waals surface area contributed by atoms with Crippen molar-refractivity contribution in [3.63, 3.8) is 0 Å². The second kappa shape index (κ2) is 10.1. The van der Waals surface area contributed by atoms with E-state index in [2.05, 4.69) is 9.73 Å². The van der Waals surface area contributed by atoms with E-state index in [1.165, 1.54) is 28.8 Å². The molecule has 9 heteroatoms. The van der Waals surface area contributed by atoms with Crippen molar-refractivity contribution in [2.45, 2.75) is 25.6 Å². The summed E-state index contributed by atoms with van der Waals surface area (Å²) in [6.07, 6.45) is 3.83. The third-order valence-electron chi connectivity index (χ3n) is 4.99. The number of ether oxygens (including phenoxy) is 3. The number of nitrogens with zero attached hydrogens (tertiary/aromatic N) is 2. The molecule has 32 heavy (non-hydrogen) atoms. The molecule has 2 heterocycles. The molecule has 1 fully saturated rings. The molecule has 0 spiro atoms. The van der Waals surface area contributed by atoms with Crippen molar-refractivity contribution in [2.75, 3.05) is 24.4 Å². The molecule has 0 bridgehead atoms. The van der Waals surface area contributed by atoms with E-state index in [0.29, 0.717) is 22.4 Å². The van der Waals surface area contributed by atoms with Crippen LogP contribution in [-0.4, -0.2) is 43.3 Å². The summed E-state index contributed by atoms with van der Waals surface area (Å²) in [4.78, 5) is 19.3. The van der Waals surface area contributed by atoms with E-state index in [0.717, 1.165) is 25.0 Å². The fourth-order valence-corrected chi connectivity index (χ4v) is 4.48. The van der Waals surface area contributed by atoms with Crippen LogP contribution in [0.4, 0.5) is 14.5 Å². The lowest BCUT2D eigenvalue weighted by atomic mass is 10.2. The molecule has 1 unspecified atom stereocenters. The highest BCUT2D eigenvalue weighted by molar-refractivity contribution is 8.14. The maximum Gasteiger partial charge on any atom is 0.387 e. The molecular weight excluding hydrogens is 438 g/mol. The molecular formula is C23H22F2N2O4S. The first kappa shape index (κ1) is 22.3. The van der Waals surface area contributed by atoms with Gasteiger partial charge in [-0.2, -0.15) is 8.78 Å². The first-order valence-corrected chi connectivity index (χ1v) is 11.1. The molecule has 0 aliphatic carbocycles. The average molecular weight is 461 g/mol. The molecule has 1 amide bonds. The summed E-state index contributed by atoms with van der Waals surface area (Å²) in [5.74, 6) is 1.12. The highest BCUT2D eigenvalue weighted by atomic mass is 32.2. The maximum atomic E-state index is 13.2. The first-order chi connectivity index (χ1) is 15.5. The molecule has 1 atom stereocenters. The van der Waals surface area contributed by atoms with Gasteiger partial charge in [0.15, 0.2) is 5.17 Å². The van der Waals surface area contributed by atoms with Crippen LogP contribution in [0, 0.1) is 0 Å². The zero-order chi connectivity index (χ0) is 22.5. The predicted molar refractivity (Wildman–Crippen MR) is 120 cm³/mol. The zero-order valence-corrected chi connectivity index (χ0v) is 18.2. The molecule has 0 radical (unpaired) electrons. The number of halogens is 2. The molecule has 2 aliphatic heterocycles. The van der Waals surface area contributed by atoms with Crippen LogP contribution in [0.15, 0.2) is 59.2 Å². The Labute approximate surface area is 188 Å². The molecule has 4 rings (SSSR count). The fourth-order valence-electron chi connectivity index (χ4n) is 3.40. The summed E-state index contributed by atoms with van der Waals surface area (Å²) in [6.45, 7) is -2.17. The van der Waals surface area contributed by atoms with Crippen LogP contribution in [0.25, 0.3) is 6.08 Å². The Morgan fingerprint density at radius 2 is 1.91 bits per heavy atom. The van der Waals surface area contributed by atoms with E-state index in [9.17, 15) is 13.6 Å². The number of amidine groups is 1. The summed E-state index contributed by atoms with van der Waals surface area (Å²) in [7, 11) is 1.59. The molecule has 6 nitrogen and oxygen atoms in total. The molecule has 1 saturated heterocycles. The topological polar surface area (TPSA) is 60.4 Å². The van der Waals surface area contributed by atoms with Gasteiger partial charge in [0, 0.05) is 12.4 Å². The van der Waals surface area contributed by atoms with Crippen LogP contribution in [0.3, 0.4) is 0 Å². The van der Waals surface area contributed by atoms with Crippen molar-refractivity contribution < 1.29 is 27.8 Å². The van der Waals surface area contributed by atoms with E-state index in [-0.39, 0.29) is 23.5 Å². The number of carbonyl (C=O) groups is 1. The number of hydrogen-bond donors (Lipinski definition) is 0. The van der Waals surface area contributed by atoms with Gasteiger partial charge in [-0.15, -0.1) is 0 Å². The summed E-state index contributed by atoms with van der Waals surface area (Å²) in [6, 6.07) is 13.2. The minimum Gasteiger partial charge on any atom is -0.497 e. The number of methoxy groups -OCH3 is 1. The zero-order valence-electron chi connectivity index (χ0n) is 17.4. The lowest BCUT2D eigenvalue weighted by Gasteiger charge is -2.19. The number of anilines is 1. The number of aliphatic imine (C=N–C) groups is 1. The van der Waals surface area contributed by atoms with Gasteiger partial charge in [0.1, 0.15) is 17.2 Å². The Morgan fingerprint density at radius 1 is 1.19 bits per heavy atom. The standard InChI is InChI=1S/C23H22F2N2O4S/c1-29-17-8-4-15(5-9-17)13-20-21(28)27(16-6-10-18(11-7-16)31-22(24)25)23(26-20)32-14-19-3-2-12-30-19/h4-11,13,19,22H,2-3,12,14H2,1H3/b20-13-. The molecule has 2 aromatic rings. The van der Waals surface area contributed by atoms with Crippen LogP contribution < -0.4 is 14.4 Å². The van der Waals surface area contributed by atoms with Crippen molar-refractivity contribution in [3.05, 3.63) is 59.8 Å². The minimum absolute atomic E-state index is 0.0230. The Kier molecular flexibility index (Phi) is 7.06. The summed E-state index contributed by atoms with van der Waals surface area (Å²) in [5.41, 5.74) is 1.62. The highest BCUT2D eigenvalue weighted by Crippen LogP contribution is 2.32. The Hall–Kier alpha value is -2.91. The van der Waals surface area contributed by atoms with E-state index < -0.39 is 6.61 Å². The quantitative estimate of drug-likeness (QED) is 0.547. The first-order valence-electron chi connectivity index (χ1n) is 10.1. The molecule has 0 saturated carbocycles. The van der Waals surface area contributed by atoms with Gasteiger partial charge in [-0.3, -0.25) is 9.69 Å². The van der Waals surface area contributed by atoms with E-state index in [1.807, 2.05) is 24.3 Å². The van der Waals surface area contributed by atoms with Crippen LogP contribution >= 0.6 is 11.8 Å². The maximum absolute atomic E-state index is 13.2. The second-order valence-corrected chi connectivity index (χ2v) is 8.14. The number of alkyl halides is 2. The summed E-state index contributed by atoms with van der Waals surface area (Å²) in [5, 5.41) is 0.521. The molecule has 168 valence electrons. The van der Waals surface area contributed by atoms with Crippen LogP contribution in [0.2, 0.25) is 0 Å². The van der Waals surface area contributed by atoms with E-state index in [4.69, 9.17) is 9.47 Å². The van der Waals surface area contributed by atoms with Gasteiger partial charge >= 0.3 is 6.61 Å². The number of rotatable bonds is 7. The molecule has 0 N–H and O–H groups in total. The van der Waals surface area contributed by atoms with Crippen molar-refractivity contribution in [1.82, 2.24) is 0 Å². The lowest BCUT2D eigenvalue weighted by molar-refractivity contribution is -0.113. The summed E-state index contributed by atoms with van der Waals surface area (Å²) < 4.78 is 40.2. The number of amides is 1. The van der Waals surface area contributed by atoms with Crippen LogP contribution in [0.5, 0.6) is 11.5 Å². The second-order valence-electron chi connectivity index (χ2n) is 7.16. The lowest BCUT2D eigenvalue weighted by Crippen LogP contribution is -2.31. The van der Waals surface area contributed by atoms with Gasteiger partial charge in [-0.1, -0.05) is 23.9 Å². The Balaban J connectivity index is 1.59. The largest absolute Gasteiger partial charge is 0.497 e. The summed E-state index contributed by atoms with van der Waals surface area (Å²) >= 11 is 1.44. The van der Waals surface area contributed by atoms with E-state index >= 15 is 0 Å². The van der Waals surface area contributed by atoms with Gasteiger partial charge in [-0.25, -0.2) is 4.99 Å². The predicted octanol–water partition coefficient (Wildman–Crippen LogP) is 4.95. The fraction of sp³-hybridized carbons (Fsp3) is 0.304. The van der Waals surface area contributed by atoms with Crippen molar-refractivity contribution in [2.24, 2.45) is 4.99 Å².